The van der Waals surface area contributed by atoms with Gasteiger partial charge in [0, 0.05) is 23.9 Å². The molecule has 4 rings (SSSR count). The van der Waals surface area contributed by atoms with Crippen LogP contribution in [0.4, 0.5) is 5.95 Å². The maximum atomic E-state index is 12.0. The van der Waals surface area contributed by atoms with Crippen molar-refractivity contribution in [2.75, 3.05) is 24.2 Å². The highest BCUT2D eigenvalue weighted by molar-refractivity contribution is 7.90. The summed E-state index contributed by atoms with van der Waals surface area (Å²) < 4.78 is 30.1. The second kappa shape index (κ2) is 11.2. The molecular weight excluding hydrogens is 533 g/mol. The van der Waals surface area contributed by atoms with Crippen LogP contribution < -0.4 is 15.0 Å². The van der Waals surface area contributed by atoms with Crippen molar-refractivity contribution < 1.29 is 13.2 Å². The SMILES string of the molecule is Cc1cc(C#N)cc(C)c1Oc1nc(N(Cc2ccc(S(C)(=O)=O)cc2Cl)C2CCNCC2)ncc1Cl. The molecule has 1 fully saturated rings. The summed E-state index contributed by atoms with van der Waals surface area (Å²) in [7, 11) is -3.37. The first-order valence-corrected chi connectivity index (χ1v) is 14.4. The van der Waals surface area contributed by atoms with Crippen molar-refractivity contribution >= 4 is 39.0 Å². The fourth-order valence-corrected chi connectivity index (χ4v) is 5.46. The summed E-state index contributed by atoms with van der Waals surface area (Å²) >= 11 is 13.0. The van der Waals surface area contributed by atoms with E-state index in [0.29, 0.717) is 28.8 Å². The summed E-state index contributed by atoms with van der Waals surface area (Å²) in [4.78, 5) is 11.4. The van der Waals surface area contributed by atoms with Gasteiger partial charge in [-0.3, -0.25) is 0 Å². The molecule has 1 aliphatic heterocycles. The van der Waals surface area contributed by atoms with Crippen LogP contribution in [0.25, 0.3) is 0 Å². The molecule has 0 saturated carbocycles. The molecule has 0 unspecified atom stereocenters. The number of nitriles is 1. The van der Waals surface area contributed by atoms with E-state index in [1.165, 1.54) is 12.3 Å². The summed E-state index contributed by atoms with van der Waals surface area (Å²) in [6, 6.07) is 10.5. The number of nitrogens with one attached hydrogen (secondary N) is 1. The summed E-state index contributed by atoms with van der Waals surface area (Å²) in [5.74, 6) is 1.22. The van der Waals surface area contributed by atoms with Gasteiger partial charge in [-0.05, 0) is 80.7 Å². The van der Waals surface area contributed by atoms with Gasteiger partial charge in [0.2, 0.25) is 11.8 Å². The lowest BCUT2D eigenvalue weighted by Gasteiger charge is -2.35. The second-order valence-electron chi connectivity index (χ2n) is 9.11. The third-order valence-electron chi connectivity index (χ3n) is 6.29. The first-order valence-electron chi connectivity index (χ1n) is 11.7. The van der Waals surface area contributed by atoms with Gasteiger partial charge in [-0.15, -0.1) is 0 Å². The van der Waals surface area contributed by atoms with Crippen LogP contribution in [0.5, 0.6) is 11.6 Å². The lowest BCUT2D eigenvalue weighted by molar-refractivity contribution is 0.418. The number of halogens is 2. The highest BCUT2D eigenvalue weighted by Gasteiger charge is 2.26. The van der Waals surface area contributed by atoms with Crippen molar-refractivity contribution in [3.63, 3.8) is 0 Å². The van der Waals surface area contributed by atoms with Gasteiger partial charge >= 0.3 is 0 Å². The Balaban J connectivity index is 1.71. The smallest absolute Gasteiger partial charge is 0.243 e. The molecule has 0 bridgehead atoms. The van der Waals surface area contributed by atoms with Gasteiger partial charge in [-0.25, -0.2) is 13.4 Å². The van der Waals surface area contributed by atoms with Crippen molar-refractivity contribution in [3.05, 3.63) is 68.8 Å². The highest BCUT2D eigenvalue weighted by Crippen LogP contribution is 2.34. The van der Waals surface area contributed by atoms with E-state index >= 15 is 0 Å². The standard InChI is InChI=1S/C26H27Cl2N5O3S/c1-16-10-18(13-29)11-17(2)24(16)36-25-23(28)14-31-26(32-25)33(20-6-8-30-9-7-20)15-19-4-5-21(12-22(19)27)37(3,34)35/h4-5,10-12,14,20,30H,6-9,15H2,1-3H3. The van der Waals surface area contributed by atoms with Gasteiger partial charge in [-0.2, -0.15) is 10.2 Å². The van der Waals surface area contributed by atoms with Gasteiger partial charge in [0.25, 0.3) is 0 Å². The van der Waals surface area contributed by atoms with Crippen LogP contribution in [-0.2, 0) is 16.4 Å². The number of rotatable bonds is 7. The summed E-state index contributed by atoms with van der Waals surface area (Å²) in [5, 5.41) is 13.2. The normalized spacial score (nSPS) is 14.3. The molecule has 8 nitrogen and oxygen atoms in total. The van der Waals surface area contributed by atoms with Crippen molar-refractivity contribution in [1.82, 2.24) is 15.3 Å². The van der Waals surface area contributed by atoms with E-state index in [1.54, 1.807) is 24.3 Å². The zero-order valence-corrected chi connectivity index (χ0v) is 23.1. The molecule has 37 heavy (non-hydrogen) atoms. The van der Waals surface area contributed by atoms with Crippen molar-refractivity contribution in [2.24, 2.45) is 0 Å². The monoisotopic (exact) mass is 559 g/mol. The molecule has 0 aliphatic carbocycles. The second-order valence-corrected chi connectivity index (χ2v) is 11.9. The minimum Gasteiger partial charge on any atom is -0.437 e. The predicted molar refractivity (Wildman–Crippen MR) is 144 cm³/mol. The Kier molecular flexibility index (Phi) is 8.24. The minimum atomic E-state index is -3.37. The predicted octanol–water partition coefficient (Wildman–Crippen LogP) is 5.23. The topological polar surface area (TPSA) is 108 Å². The summed E-state index contributed by atoms with van der Waals surface area (Å²) in [5.41, 5.74) is 2.89. The fourth-order valence-electron chi connectivity index (χ4n) is 4.38. The molecule has 3 aromatic rings. The number of aromatic nitrogens is 2. The third-order valence-corrected chi connectivity index (χ3v) is 8.01. The van der Waals surface area contributed by atoms with Crippen LogP contribution in [0.2, 0.25) is 10.0 Å². The largest absolute Gasteiger partial charge is 0.437 e. The zero-order valence-electron chi connectivity index (χ0n) is 20.8. The van der Waals surface area contributed by atoms with Crippen molar-refractivity contribution in [2.45, 2.75) is 44.2 Å². The van der Waals surface area contributed by atoms with Crippen LogP contribution in [-0.4, -0.2) is 43.8 Å². The Hall–Kier alpha value is -2.90. The fraction of sp³-hybridized carbons (Fsp3) is 0.346. The Morgan fingerprint density at radius 3 is 2.41 bits per heavy atom. The number of nitrogens with zero attached hydrogens (tertiary/aromatic N) is 4. The van der Waals surface area contributed by atoms with E-state index in [2.05, 4.69) is 26.3 Å². The first kappa shape index (κ1) is 27.1. The number of sulfone groups is 1. The zero-order chi connectivity index (χ0) is 26.7. The van der Waals surface area contributed by atoms with Crippen LogP contribution >= 0.6 is 23.2 Å². The number of benzene rings is 2. The van der Waals surface area contributed by atoms with Crippen LogP contribution in [0.3, 0.4) is 0 Å². The lowest BCUT2D eigenvalue weighted by atomic mass is 10.0. The molecule has 0 amide bonds. The van der Waals surface area contributed by atoms with Crippen LogP contribution in [0.15, 0.2) is 41.4 Å². The number of piperidine rings is 1. The molecule has 2 heterocycles. The average molecular weight is 561 g/mol. The molecular formula is C26H27Cl2N5O3S. The Morgan fingerprint density at radius 2 is 1.81 bits per heavy atom. The van der Waals surface area contributed by atoms with Gasteiger partial charge in [0.15, 0.2) is 9.84 Å². The molecule has 1 saturated heterocycles. The molecule has 0 spiro atoms. The minimum absolute atomic E-state index is 0.124. The Bertz CT molecular complexity index is 1440. The summed E-state index contributed by atoms with van der Waals surface area (Å²) in [6.45, 7) is 5.81. The highest BCUT2D eigenvalue weighted by atomic mass is 35.5. The van der Waals surface area contributed by atoms with E-state index in [1.807, 2.05) is 13.8 Å². The number of ether oxygens (including phenoxy) is 1. The van der Waals surface area contributed by atoms with Gasteiger partial charge in [0.05, 0.1) is 22.7 Å². The quantitative estimate of drug-likeness (QED) is 0.419. The molecule has 194 valence electrons. The van der Waals surface area contributed by atoms with E-state index in [4.69, 9.17) is 27.9 Å². The van der Waals surface area contributed by atoms with Crippen LogP contribution in [0.1, 0.15) is 35.1 Å². The Labute approximate surface area is 227 Å². The maximum Gasteiger partial charge on any atom is 0.243 e. The van der Waals surface area contributed by atoms with Crippen molar-refractivity contribution in [3.8, 4) is 17.7 Å². The molecule has 1 N–H and O–H groups in total. The summed E-state index contributed by atoms with van der Waals surface area (Å²) in [6.07, 6.45) is 4.40. The number of anilines is 1. The maximum absolute atomic E-state index is 12.0. The van der Waals surface area contributed by atoms with Gasteiger partial charge < -0.3 is 15.0 Å². The molecule has 1 aliphatic rings. The third kappa shape index (κ3) is 6.33. The van der Waals surface area contributed by atoms with Crippen molar-refractivity contribution in [1.29, 1.82) is 5.26 Å². The molecule has 11 heteroatoms. The molecule has 0 radical (unpaired) electrons. The first-order chi connectivity index (χ1) is 17.6. The van der Waals surface area contributed by atoms with E-state index in [-0.39, 0.29) is 21.8 Å². The lowest BCUT2D eigenvalue weighted by Crippen LogP contribution is -2.43. The van der Waals surface area contributed by atoms with Gasteiger partial charge in [0.1, 0.15) is 10.8 Å². The molecule has 0 atom stereocenters. The Morgan fingerprint density at radius 1 is 1.14 bits per heavy atom. The number of hydrogen-bond acceptors (Lipinski definition) is 8. The van der Waals surface area contributed by atoms with E-state index < -0.39 is 9.84 Å². The van der Waals surface area contributed by atoms with E-state index in [0.717, 1.165) is 48.9 Å². The molecule has 2 aromatic carbocycles. The van der Waals surface area contributed by atoms with Crippen LogP contribution in [0, 0.1) is 25.2 Å². The number of aryl methyl sites for hydroxylation is 2. The number of hydrogen-bond donors (Lipinski definition) is 1. The molecule has 1 aromatic heterocycles. The average Bonchev–Trinajstić information content (AvgIpc) is 2.86. The van der Waals surface area contributed by atoms with Gasteiger partial charge in [-0.1, -0.05) is 29.3 Å². The van der Waals surface area contributed by atoms with E-state index in [9.17, 15) is 13.7 Å².